The lowest BCUT2D eigenvalue weighted by molar-refractivity contribution is 0.670. The SMILES string of the molecule is Clc1cc(-c2ccccc2)cc(-c2cccc3c2oc2ccccc23)c1. The Morgan fingerprint density at radius 1 is 0.577 bits per heavy atom. The van der Waals surface area contributed by atoms with Gasteiger partial charge in [-0.2, -0.15) is 0 Å². The maximum Gasteiger partial charge on any atom is 0.143 e. The molecule has 124 valence electrons. The van der Waals surface area contributed by atoms with E-state index in [1.54, 1.807) is 0 Å². The van der Waals surface area contributed by atoms with E-state index in [1.165, 1.54) is 0 Å². The van der Waals surface area contributed by atoms with Crippen LogP contribution in [0.3, 0.4) is 0 Å². The molecule has 0 radical (unpaired) electrons. The summed E-state index contributed by atoms with van der Waals surface area (Å²) in [6.45, 7) is 0. The lowest BCUT2D eigenvalue weighted by atomic mass is 9.97. The van der Waals surface area contributed by atoms with E-state index in [0.29, 0.717) is 0 Å². The van der Waals surface area contributed by atoms with Crippen LogP contribution in [-0.2, 0) is 0 Å². The molecule has 5 rings (SSSR count). The number of furan rings is 1. The molecule has 1 nitrogen and oxygen atoms in total. The van der Waals surface area contributed by atoms with Crippen molar-refractivity contribution in [1.29, 1.82) is 0 Å². The molecule has 0 saturated heterocycles. The molecule has 5 aromatic rings. The maximum atomic E-state index is 6.45. The van der Waals surface area contributed by atoms with Crippen molar-refractivity contribution >= 4 is 33.5 Å². The Bertz CT molecular complexity index is 1240. The van der Waals surface area contributed by atoms with Gasteiger partial charge in [-0.25, -0.2) is 0 Å². The summed E-state index contributed by atoms with van der Waals surface area (Å²) in [5.41, 5.74) is 6.16. The maximum absolute atomic E-state index is 6.45. The smallest absolute Gasteiger partial charge is 0.143 e. The molecular formula is C24H15ClO. The highest BCUT2D eigenvalue weighted by atomic mass is 35.5. The zero-order valence-electron chi connectivity index (χ0n) is 13.9. The molecule has 0 aliphatic carbocycles. The Morgan fingerprint density at radius 3 is 2.19 bits per heavy atom. The summed E-state index contributed by atoms with van der Waals surface area (Å²) < 4.78 is 6.18. The van der Waals surface area contributed by atoms with Gasteiger partial charge in [-0.3, -0.25) is 0 Å². The molecule has 0 aliphatic rings. The average Bonchev–Trinajstić information content (AvgIpc) is 3.07. The second-order valence-corrected chi connectivity index (χ2v) is 6.81. The van der Waals surface area contributed by atoms with Crippen molar-refractivity contribution in [2.75, 3.05) is 0 Å². The first-order valence-electron chi connectivity index (χ1n) is 8.56. The molecule has 0 amide bonds. The van der Waals surface area contributed by atoms with Crippen LogP contribution in [0.15, 0.2) is 95.4 Å². The molecule has 1 heterocycles. The number of hydrogen-bond acceptors (Lipinski definition) is 1. The fourth-order valence-corrected chi connectivity index (χ4v) is 3.75. The first-order valence-corrected chi connectivity index (χ1v) is 8.94. The number of fused-ring (bicyclic) bond motifs is 3. The van der Waals surface area contributed by atoms with Gasteiger partial charge in [0.2, 0.25) is 0 Å². The predicted octanol–water partition coefficient (Wildman–Crippen LogP) is 7.57. The van der Waals surface area contributed by atoms with E-state index in [4.69, 9.17) is 16.0 Å². The molecule has 0 fully saturated rings. The van der Waals surface area contributed by atoms with Gasteiger partial charge < -0.3 is 4.42 Å². The molecule has 0 N–H and O–H groups in total. The second-order valence-electron chi connectivity index (χ2n) is 6.38. The minimum Gasteiger partial charge on any atom is -0.455 e. The number of benzene rings is 4. The van der Waals surface area contributed by atoms with Crippen molar-refractivity contribution in [3.8, 4) is 22.3 Å². The van der Waals surface area contributed by atoms with Crippen LogP contribution in [0.1, 0.15) is 0 Å². The lowest BCUT2D eigenvalue weighted by Crippen LogP contribution is -1.83. The molecule has 26 heavy (non-hydrogen) atoms. The third-order valence-corrected chi connectivity index (χ3v) is 4.94. The molecule has 4 aromatic carbocycles. The van der Waals surface area contributed by atoms with Gasteiger partial charge in [0.1, 0.15) is 11.2 Å². The number of halogens is 1. The van der Waals surface area contributed by atoms with Crippen LogP contribution in [0.5, 0.6) is 0 Å². The van der Waals surface area contributed by atoms with Crippen LogP contribution in [0.4, 0.5) is 0 Å². The van der Waals surface area contributed by atoms with E-state index in [-0.39, 0.29) is 0 Å². The van der Waals surface area contributed by atoms with E-state index >= 15 is 0 Å². The van der Waals surface area contributed by atoms with Crippen LogP contribution in [0.25, 0.3) is 44.2 Å². The van der Waals surface area contributed by atoms with Gasteiger partial charge in [0.15, 0.2) is 0 Å². The normalized spacial score (nSPS) is 11.3. The van der Waals surface area contributed by atoms with Gasteiger partial charge in [0.05, 0.1) is 0 Å². The largest absolute Gasteiger partial charge is 0.455 e. The van der Waals surface area contributed by atoms with Crippen LogP contribution in [-0.4, -0.2) is 0 Å². The van der Waals surface area contributed by atoms with Crippen molar-refractivity contribution < 1.29 is 4.42 Å². The summed E-state index contributed by atoms with van der Waals surface area (Å²) >= 11 is 6.45. The quantitative estimate of drug-likeness (QED) is 0.318. The summed E-state index contributed by atoms with van der Waals surface area (Å²) in [6.07, 6.45) is 0. The van der Waals surface area contributed by atoms with E-state index in [9.17, 15) is 0 Å². The first-order chi connectivity index (χ1) is 12.8. The highest BCUT2D eigenvalue weighted by molar-refractivity contribution is 6.31. The minimum atomic E-state index is 0.717. The van der Waals surface area contributed by atoms with Gasteiger partial charge in [-0.05, 0) is 41.0 Å². The fourth-order valence-electron chi connectivity index (χ4n) is 3.52. The molecule has 0 bridgehead atoms. The van der Waals surface area contributed by atoms with Gasteiger partial charge in [0, 0.05) is 21.4 Å². The molecular weight excluding hydrogens is 340 g/mol. The summed E-state index contributed by atoms with van der Waals surface area (Å²) in [7, 11) is 0. The van der Waals surface area contributed by atoms with Gasteiger partial charge >= 0.3 is 0 Å². The number of hydrogen-bond donors (Lipinski definition) is 0. The van der Waals surface area contributed by atoms with Crippen molar-refractivity contribution in [2.45, 2.75) is 0 Å². The third-order valence-electron chi connectivity index (χ3n) is 4.72. The topological polar surface area (TPSA) is 13.1 Å². The van der Waals surface area contributed by atoms with Crippen LogP contribution < -0.4 is 0 Å². The Labute approximate surface area is 156 Å². The Kier molecular flexibility index (Phi) is 3.55. The van der Waals surface area contributed by atoms with E-state index < -0.39 is 0 Å². The summed E-state index contributed by atoms with van der Waals surface area (Å²) in [6, 6.07) is 30.8. The van der Waals surface area contributed by atoms with Gasteiger partial charge in [-0.1, -0.05) is 78.3 Å². The van der Waals surface area contributed by atoms with E-state index in [0.717, 1.165) is 49.2 Å². The van der Waals surface area contributed by atoms with Crippen molar-refractivity contribution in [3.63, 3.8) is 0 Å². The number of rotatable bonds is 2. The second kappa shape index (κ2) is 6.05. The molecule has 2 heteroatoms. The summed E-state index contributed by atoms with van der Waals surface area (Å²) in [5.74, 6) is 0. The first kappa shape index (κ1) is 15.2. The highest BCUT2D eigenvalue weighted by Gasteiger charge is 2.13. The van der Waals surface area contributed by atoms with Crippen molar-refractivity contribution in [1.82, 2.24) is 0 Å². The zero-order chi connectivity index (χ0) is 17.5. The summed E-state index contributed by atoms with van der Waals surface area (Å²) in [5, 5.41) is 2.98. The average molecular weight is 355 g/mol. The van der Waals surface area contributed by atoms with Crippen LogP contribution in [0, 0.1) is 0 Å². The van der Waals surface area contributed by atoms with Crippen molar-refractivity contribution in [3.05, 3.63) is 96.0 Å². The Balaban J connectivity index is 1.77. The molecule has 0 unspecified atom stereocenters. The van der Waals surface area contributed by atoms with Crippen LogP contribution in [0.2, 0.25) is 5.02 Å². The molecule has 0 spiro atoms. The Hall–Kier alpha value is -3.03. The van der Waals surface area contributed by atoms with Gasteiger partial charge in [0.25, 0.3) is 0 Å². The van der Waals surface area contributed by atoms with Crippen LogP contribution >= 0.6 is 11.6 Å². The van der Waals surface area contributed by atoms with E-state index in [1.807, 2.05) is 48.5 Å². The van der Waals surface area contributed by atoms with E-state index in [2.05, 4.69) is 42.5 Å². The standard InChI is InChI=1S/C24H15ClO/c25-19-14-17(16-7-2-1-3-8-16)13-18(15-19)20-10-6-11-22-21-9-4-5-12-23(21)26-24(20)22/h1-15H. The lowest BCUT2D eigenvalue weighted by Gasteiger charge is -2.08. The minimum absolute atomic E-state index is 0.717. The molecule has 0 aliphatic heterocycles. The monoisotopic (exact) mass is 354 g/mol. The molecule has 0 saturated carbocycles. The zero-order valence-corrected chi connectivity index (χ0v) is 14.7. The van der Waals surface area contributed by atoms with Gasteiger partial charge in [-0.15, -0.1) is 0 Å². The fraction of sp³-hybridized carbons (Fsp3) is 0. The summed E-state index contributed by atoms with van der Waals surface area (Å²) in [4.78, 5) is 0. The van der Waals surface area contributed by atoms with Crippen molar-refractivity contribution in [2.24, 2.45) is 0 Å². The highest BCUT2D eigenvalue weighted by Crippen LogP contribution is 2.38. The predicted molar refractivity (Wildman–Crippen MR) is 110 cm³/mol. The third kappa shape index (κ3) is 2.49. The number of para-hydroxylation sites is 2. The molecule has 1 aromatic heterocycles. The molecule has 0 atom stereocenters. The Morgan fingerprint density at radius 2 is 1.31 bits per heavy atom.